The van der Waals surface area contributed by atoms with Crippen LogP contribution >= 0.6 is 23.2 Å². The molecule has 0 saturated carbocycles. The summed E-state index contributed by atoms with van der Waals surface area (Å²) in [5.74, 6) is -0.273. The lowest BCUT2D eigenvalue weighted by Gasteiger charge is -2.11. The molecule has 0 spiro atoms. The molecule has 3 rings (SSSR count). The molecule has 0 amide bonds. The number of para-hydroxylation sites is 1. The second-order valence-electron chi connectivity index (χ2n) is 5.41. The normalized spacial score (nSPS) is 10.9. The molecule has 6 heteroatoms. The highest BCUT2D eigenvalue weighted by atomic mass is 35.5. The molecule has 0 N–H and O–H groups in total. The van der Waals surface area contributed by atoms with Crippen LogP contribution in [-0.4, -0.2) is 12.6 Å². The Morgan fingerprint density at radius 3 is 2.68 bits per heavy atom. The lowest BCUT2D eigenvalue weighted by Crippen LogP contribution is -2.11. The maximum Gasteiger partial charge on any atom is 0.341 e. The van der Waals surface area contributed by atoms with Crippen LogP contribution in [0.5, 0.6) is 0 Å². The van der Waals surface area contributed by atoms with Crippen LogP contribution in [0.15, 0.2) is 45.6 Å². The van der Waals surface area contributed by atoms with E-state index in [0.717, 1.165) is 0 Å². The van der Waals surface area contributed by atoms with Gasteiger partial charge in [0.1, 0.15) is 11.3 Å². The van der Waals surface area contributed by atoms with Crippen LogP contribution < -0.4 is 5.43 Å². The van der Waals surface area contributed by atoms with Gasteiger partial charge in [-0.3, -0.25) is 4.79 Å². The number of hydrogen-bond acceptors (Lipinski definition) is 4. The van der Waals surface area contributed by atoms with Gasteiger partial charge in [-0.05, 0) is 44.2 Å². The van der Waals surface area contributed by atoms with Crippen LogP contribution in [-0.2, 0) is 4.74 Å². The molecule has 0 atom stereocenters. The topological polar surface area (TPSA) is 56.5 Å². The Hall–Kier alpha value is -2.30. The van der Waals surface area contributed by atoms with Crippen LogP contribution in [0, 0.1) is 6.92 Å². The summed E-state index contributed by atoms with van der Waals surface area (Å²) in [7, 11) is 0. The molecule has 0 aliphatic heterocycles. The van der Waals surface area contributed by atoms with Crippen molar-refractivity contribution < 1.29 is 13.9 Å². The Labute approximate surface area is 153 Å². The average Bonchev–Trinajstić information content (AvgIpc) is 2.60. The number of hydrogen-bond donors (Lipinski definition) is 0. The SMILES string of the molecule is CCOC(=O)c1cccc2c(=O)c(C)c(-c3cc(Cl)ccc3Cl)oc12. The smallest absolute Gasteiger partial charge is 0.341 e. The molecule has 1 heterocycles. The Balaban J connectivity index is 2.36. The van der Waals surface area contributed by atoms with Crippen molar-refractivity contribution in [2.75, 3.05) is 6.61 Å². The van der Waals surface area contributed by atoms with Gasteiger partial charge in [-0.1, -0.05) is 29.3 Å². The van der Waals surface area contributed by atoms with Crippen LogP contribution in [0.4, 0.5) is 0 Å². The summed E-state index contributed by atoms with van der Waals surface area (Å²) >= 11 is 12.3. The second-order valence-corrected chi connectivity index (χ2v) is 6.26. The summed E-state index contributed by atoms with van der Waals surface area (Å²) < 4.78 is 11.0. The molecular weight excluding hydrogens is 363 g/mol. The predicted molar refractivity (Wildman–Crippen MR) is 98.6 cm³/mol. The molecule has 1 aromatic heterocycles. The zero-order valence-corrected chi connectivity index (χ0v) is 15.1. The molecule has 0 unspecified atom stereocenters. The number of carbonyl (C=O) groups is 1. The van der Waals surface area contributed by atoms with Gasteiger partial charge < -0.3 is 9.15 Å². The van der Waals surface area contributed by atoms with Crippen molar-refractivity contribution in [3.8, 4) is 11.3 Å². The Bertz CT molecular complexity index is 1040. The lowest BCUT2D eigenvalue weighted by molar-refractivity contribution is 0.0527. The Morgan fingerprint density at radius 2 is 1.96 bits per heavy atom. The molecule has 2 aromatic carbocycles. The maximum absolute atomic E-state index is 12.8. The zero-order valence-electron chi connectivity index (χ0n) is 13.6. The van der Waals surface area contributed by atoms with Gasteiger partial charge in [0.15, 0.2) is 11.0 Å². The van der Waals surface area contributed by atoms with E-state index in [1.54, 1.807) is 50.2 Å². The summed E-state index contributed by atoms with van der Waals surface area (Å²) in [6.45, 7) is 3.58. The van der Waals surface area contributed by atoms with E-state index in [2.05, 4.69) is 0 Å². The van der Waals surface area contributed by atoms with E-state index in [0.29, 0.717) is 26.6 Å². The van der Waals surface area contributed by atoms with Crippen molar-refractivity contribution in [2.45, 2.75) is 13.8 Å². The van der Waals surface area contributed by atoms with Gasteiger partial charge >= 0.3 is 5.97 Å². The van der Waals surface area contributed by atoms with Gasteiger partial charge in [-0.15, -0.1) is 0 Å². The highest BCUT2D eigenvalue weighted by Gasteiger charge is 2.20. The van der Waals surface area contributed by atoms with Crippen molar-refractivity contribution >= 4 is 40.1 Å². The maximum atomic E-state index is 12.8. The van der Waals surface area contributed by atoms with Crippen LogP contribution in [0.2, 0.25) is 10.0 Å². The Kier molecular flexibility index (Phi) is 4.84. The van der Waals surface area contributed by atoms with E-state index in [9.17, 15) is 9.59 Å². The molecule has 128 valence electrons. The van der Waals surface area contributed by atoms with Gasteiger partial charge in [0, 0.05) is 16.1 Å². The average molecular weight is 377 g/mol. The molecule has 0 bridgehead atoms. The number of benzene rings is 2. The number of halogens is 2. The summed E-state index contributed by atoms with van der Waals surface area (Å²) in [5, 5.41) is 1.16. The third-order valence-electron chi connectivity index (χ3n) is 3.81. The fourth-order valence-electron chi connectivity index (χ4n) is 2.61. The molecule has 4 nitrogen and oxygen atoms in total. The van der Waals surface area contributed by atoms with Crippen LogP contribution in [0.1, 0.15) is 22.8 Å². The van der Waals surface area contributed by atoms with Crippen LogP contribution in [0.25, 0.3) is 22.3 Å². The molecule has 0 aliphatic rings. The number of carbonyl (C=O) groups excluding carboxylic acids is 1. The summed E-state index contributed by atoms with van der Waals surface area (Å²) in [5.41, 5.74) is 0.999. The van der Waals surface area contributed by atoms with E-state index in [1.807, 2.05) is 0 Å². The van der Waals surface area contributed by atoms with E-state index >= 15 is 0 Å². The standard InChI is InChI=1S/C19H14Cl2O4/c1-3-24-19(23)13-6-4-5-12-16(22)10(2)17(25-18(12)13)14-9-11(20)7-8-15(14)21/h4-9H,3H2,1-2H3. The first kappa shape index (κ1) is 17.5. The zero-order chi connectivity index (χ0) is 18.1. The first-order chi connectivity index (χ1) is 11.9. The molecule has 0 fully saturated rings. The number of fused-ring (bicyclic) bond motifs is 1. The molecule has 0 radical (unpaired) electrons. The molecule has 25 heavy (non-hydrogen) atoms. The van der Waals surface area contributed by atoms with E-state index in [4.69, 9.17) is 32.4 Å². The van der Waals surface area contributed by atoms with E-state index < -0.39 is 5.97 Å². The second kappa shape index (κ2) is 6.90. The third-order valence-corrected chi connectivity index (χ3v) is 4.38. The summed E-state index contributed by atoms with van der Waals surface area (Å²) in [4.78, 5) is 25.0. The number of ether oxygens (including phenoxy) is 1. The van der Waals surface area contributed by atoms with Gasteiger partial charge in [-0.25, -0.2) is 4.79 Å². The molecule has 0 aliphatic carbocycles. The molecule has 3 aromatic rings. The Morgan fingerprint density at radius 1 is 1.20 bits per heavy atom. The van der Waals surface area contributed by atoms with Crippen molar-refractivity contribution in [1.29, 1.82) is 0 Å². The van der Waals surface area contributed by atoms with Crippen molar-refractivity contribution in [3.05, 3.63) is 67.8 Å². The minimum atomic E-state index is -0.553. The van der Waals surface area contributed by atoms with Crippen molar-refractivity contribution in [1.82, 2.24) is 0 Å². The fraction of sp³-hybridized carbons (Fsp3) is 0.158. The summed E-state index contributed by atoms with van der Waals surface area (Å²) in [6.07, 6.45) is 0. The van der Waals surface area contributed by atoms with Crippen molar-refractivity contribution in [2.24, 2.45) is 0 Å². The lowest BCUT2D eigenvalue weighted by atomic mass is 10.0. The van der Waals surface area contributed by atoms with Crippen molar-refractivity contribution in [3.63, 3.8) is 0 Å². The largest absolute Gasteiger partial charge is 0.462 e. The number of rotatable bonds is 3. The van der Waals surface area contributed by atoms with E-state index in [-0.39, 0.29) is 28.9 Å². The summed E-state index contributed by atoms with van der Waals surface area (Å²) in [6, 6.07) is 9.68. The number of esters is 1. The first-order valence-electron chi connectivity index (χ1n) is 7.63. The van der Waals surface area contributed by atoms with Gasteiger partial charge in [0.2, 0.25) is 0 Å². The fourth-order valence-corrected chi connectivity index (χ4v) is 2.98. The predicted octanol–water partition coefficient (Wildman–Crippen LogP) is 5.25. The quantitative estimate of drug-likeness (QED) is 0.585. The monoisotopic (exact) mass is 376 g/mol. The molecule has 0 saturated heterocycles. The van der Waals surface area contributed by atoms with Gasteiger partial charge in [-0.2, -0.15) is 0 Å². The minimum absolute atomic E-state index is 0.169. The van der Waals surface area contributed by atoms with Crippen LogP contribution in [0.3, 0.4) is 0 Å². The third kappa shape index (κ3) is 3.15. The highest BCUT2D eigenvalue weighted by Crippen LogP contribution is 2.34. The highest BCUT2D eigenvalue weighted by molar-refractivity contribution is 6.35. The minimum Gasteiger partial charge on any atom is -0.462 e. The van der Waals surface area contributed by atoms with Gasteiger partial charge in [0.25, 0.3) is 0 Å². The first-order valence-corrected chi connectivity index (χ1v) is 8.38. The van der Waals surface area contributed by atoms with Gasteiger partial charge in [0.05, 0.1) is 17.0 Å². The van der Waals surface area contributed by atoms with E-state index in [1.165, 1.54) is 0 Å². The molecular formula is C19H14Cl2O4.